The van der Waals surface area contributed by atoms with Gasteiger partial charge in [-0.25, -0.2) is 0 Å². The Hall–Kier alpha value is 0.620. The lowest BCUT2D eigenvalue weighted by Crippen LogP contribution is -2.19. The van der Waals surface area contributed by atoms with Crippen LogP contribution in [0.25, 0.3) is 0 Å². The fraction of sp³-hybridized carbons (Fsp3) is 0.727. The maximum absolute atomic E-state index is 4.75. The van der Waals surface area contributed by atoms with Gasteiger partial charge in [-0.05, 0) is 45.9 Å². The molecule has 4 heteroatoms. The zero-order valence-corrected chi connectivity index (χ0v) is 21.1. The second-order valence-electron chi connectivity index (χ2n) is 8.23. The Kier molecular flexibility index (Phi) is 9.87. The third-order valence-electron chi connectivity index (χ3n) is 6.15. The van der Waals surface area contributed by atoms with Crippen molar-refractivity contribution >= 4 is 50.5 Å². The van der Waals surface area contributed by atoms with Crippen molar-refractivity contribution in [1.29, 1.82) is 0 Å². The van der Waals surface area contributed by atoms with Gasteiger partial charge in [0.25, 0.3) is 0 Å². The maximum Gasteiger partial charge on any atom is 0.00546 e. The standard InChI is InChI=1S/C22H38S4/c1-11(15(5)23)19-9-21(13(3)17(7)25)22(14(4)18(8)26)10-20(19)12(2)16(6)24/h9-18,23-26H,1-8H3. The smallest absolute Gasteiger partial charge is 0.00546 e. The second kappa shape index (κ2) is 10.4. The van der Waals surface area contributed by atoms with Crippen LogP contribution in [0.3, 0.4) is 0 Å². The monoisotopic (exact) mass is 430 g/mol. The van der Waals surface area contributed by atoms with Crippen molar-refractivity contribution < 1.29 is 0 Å². The molecule has 1 rings (SSSR count). The van der Waals surface area contributed by atoms with Crippen molar-refractivity contribution in [2.45, 2.75) is 100 Å². The summed E-state index contributed by atoms with van der Waals surface area (Å²) in [7, 11) is 0. The molecular weight excluding hydrogens is 393 g/mol. The minimum absolute atomic E-state index is 0.305. The lowest BCUT2D eigenvalue weighted by Gasteiger charge is -2.31. The maximum atomic E-state index is 4.75. The van der Waals surface area contributed by atoms with Gasteiger partial charge in [0.15, 0.2) is 0 Å². The summed E-state index contributed by atoms with van der Waals surface area (Å²) in [6, 6.07) is 4.89. The molecule has 8 atom stereocenters. The highest BCUT2D eigenvalue weighted by Gasteiger charge is 2.27. The minimum atomic E-state index is 0.305. The highest BCUT2D eigenvalue weighted by atomic mass is 32.1. The highest BCUT2D eigenvalue weighted by Crippen LogP contribution is 2.41. The van der Waals surface area contributed by atoms with E-state index in [1.807, 2.05) is 0 Å². The summed E-state index contributed by atoms with van der Waals surface area (Å²) in [4.78, 5) is 0. The van der Waals surface area contributed by atoms with Gasteiger partial charge in [-0.2, -0.15) is 50.5 Å². The second-order valence-corrected chi connectivity index (χ2v) is 11.5. The van der Waals surface area contributed by atoms with Crippen molar-refractivity contribution in [1.82, 2.24) is 0 Å². The predicted octanol–water partition coefficient (Wildman–Crippen LogP) is 7.37. The van der Waals surface area contributed by atoms with Crippen LogP contribution in [0.4, 0.5) is 0 Å². The van der Waals surface area contributed by atoms with Crippen molar-refractivity contribution in [2.24, 2.45) is 0 Å². The zero-order chi connectivity index (χ0) is 20.3. The van der Waals surface area contributed by atoms with Gasteiger partial charge in [0.2, 0.25) is 0 Å². The van der Waals surface area contributed by atoms with Crippen LogP contribution >= 0.6 is 50.5 Å². The minimum Gasteiger partial charge on any atom is -0.176 e. The summed E-state index contributed by atoms with van der Waals surface area (Å²) in [6.07, 6.45) is 0. The fourth-order valence-electron chi connectivity index (χ4n) is 3.29. The summed E-state index contributed by atoms with van der Waals surface area (Å²) in [6.45, 7) is 17.9. The van der Waals surface area contributed by atoms with E-state index in [9.17, 15) is 0 Å². The molecule has 0 fully saturated rings. The zero-order valence-electron chi connectivity index (χ0n) is 17.6. The van der Waals surface area contributed by atoms with Crippen molar-refractivity contribution in [3.8, 4) is 0 Å². The first-order valence-electron chi connectivity index (χ1n) is 9.79. The first-order valence-corrected chi connectivity index (χ1v) is 11.9. The Balaban J connectivity index is 3.75. The summed E-state index contributed by atoms with van der Waals surface area (Å²) < 4.78 is 0. The lowest BCUT2D eigenvalue weighted by atomic mass is 9.78. The van der Waals surface area contributed by atoms with Crippen LogP contribution in [0.15, 0.2) is 12.1 Å². The van der Waals surface area contributed by atoms with Gasteiger partial charge in [-0.1, -0.05) is 67.5 Å². The molecule has 26 heavy (non-hydrogen) atoms. The van der Waals surface area contributed by atoms with E-state index in [-0.39, 0.29) is 0 Å². The number of hydrogen-bond acceptors (Lipinski definition) is 4. The molecule has 0 aliphatic heterocycles. The first-order chi connectivity index (χ1) is 11.9. The Morgan fingerprint density at radius 3 is 0.692 bits per heavy atom. The summed E-state index contributed by atoms with van der Waals surface area (Å²) in [5, 5.41) is 1.22. The molecule has 150 valence electrons. The Morgan fingerprint density at radius 1 is 0.423 bits per heavy atom. The largest absolute Gasteiger partial charge is 0.176 e. The van der Waals surface area contributed by atoms with E-state index in [4.69, 9.17) is 50.5 Å². The third-order valence-corrected chi connectivity index (χ3v) is 7.93. The molecule has 1 aromatic rings. The van der Waals surface area contributed by atoms with Crippen LogP contribution in [-0.4, -0.2) is 21.0 Å². The number of hydrogen-bond donors (Lipinski definition) is 4. The van der Waals surface area contributed by atoms with Crippen LogP contribution < -0.4 is 0 Å². The van der Waals surface area contributed by atoms with Crippen LogP contribution in [0.2, 0.25) is 0 Å². The molecule has 0 amide bonds. The van der Waals surface area contributed by atoms with Gasteiger partial charge in [-0.15, -0.1) is 0 Å². The van der Waals surface area contributed by atoms with E-state index in [0.29, 0.717) is 44.7 Å². The number of thiol groups is 4. The molecule has 0 bridgehead atoms. The molecule has 0 N–H and O–H groups in total. The van der Waals surface area contributed by atoms with Crippen LogP contribution in [0, 0.1) is 0 Å². The summed E-state index contributed by atoms with van der Waals surface area (Å²) >= 11 is 19.0. The number of benzene rings is 1. The molecule has 0 saturated carbocycles. The van der Waals surface area contributed by atoms with Gasteiger partial charge in [0.05, 0.1) is 0 Å². The molecule has 0 nitrogen and oxygen atoms in total. The Labute approximate surface area is 184 Å². The fourth-order valence-corrected chi connectivity index (χ4v) is 3.93. The predicted molar refractivity (Wildman–Crippen MR) is 134 cm³/mol. The van der Waals surface area contributed by atoms with Crippen LogP contribution in [0.1, 0.15) is 101 Å². The molecule has 0 saturated heterocycles. The van der Waals surface area contributed by atoms with Crippen LogP contribution in [0.5, 0.6) is 0 Å². The van der Waals surface area contributed by atoms with E-state index < -0.39 is 0 Å². The highest BCUT2D eigenvalue weighted by molar-refractivity contribution is 7.81. The van der Waals surface area contributed by atoms with Gasteiger partial charge >= 0.3 is 0 Å². The van der Waals surface area contributed by atoms with Gasteiger partial charge in [0.1, 0.15) is 0 Å². The van der Waals surface area contributed by atoms with Gasteiger partial charge < -0.3 is 0 Å². The topological polar surface area (TPSA) is 0 Å². The quantitative estimate of drug-likeness (QED) is 0.304. The molecule has 0 aliphatic rings. The van der Waals surface area contributed by atoms with E-state index in [2.05, 4.69) is 67.5 Å². The SMILES string of the molecule is CC(S)C(C)c1cc(C(C)C(C)S)c(C(C)C(C)S)cc1C(C)C(C)S. The Bertz CT molecular complexity index is 480. The normalized spacial score (nSPS) is 21.4. The molecule has 0 aromatic heterocycles. The van der Waals surface area contributed by atoms with Crippen LogP contribution in [-0.2, 0) is 0 Å². The first kappa shape index (κ1) is 24.7. The summed E-state index contributed by atoms with van der Waals surface area (Å²) in [5.41, 5.74) is 5.66. The summed E-state index contributed by atoms with van der Waals surface area (Å²) in [5.74, 6) is 1.56. The van der Waals surface area contributed by atoms with E-state index >= 15 is 0 Å². The lowest BCUT2D eigenvalue weighted by molar-refractivity contribution is 0.664. The average molecular weight is 431 g/mol. The molecule has 0 radical (unpaired) electrons. The van der Waals surface area contributed by atoms with Crippen molar-refractivity contribution in [3.63, 3.8) is 0 Å². The molecule has 0 spiro atoms. The van der Waals surface area contributed by atoms with E-state index in [0.717, 1.165) is 0 Å². The Morgan fingerprint density at radius 2 is 0.577 bits per heavy atom. The van der Waals surface area contributed by atoms with Crippen molar-refractivity contribution in [3.05, 3.63) is 34.4 Å². The molecule has 8 unspecified atom stereocenters. The van der Waals surface area contributed by atoms with Gasteiger partial charge in [0, 0.05) is 21.0 Å². The number of rotatable bonds is 8. The van der Waals surface area contributed by atoms with E-state index in [1.54, 1.807) is 0 Å². The third kappa shape index (κ3) is 5.81. The molecule has 0 aliphatic carbocycles. The van der Waals surface area contributed by atoms with Crippen molar-refractivity contribution in [2.75, 3.05) is 0 Å². The van der Waals surface area contributed by atoms with Gasteiger partial charge in [-0.3, -0.25) is 0 Å². The average Bonchev–Trinajstić information content (AvgIpc) is 2.57. The van der Waals surface area contributed by atoms with E-state index in [1.165, 1.54) is 22.3 Å². The molecule has 1 aromatic carbocycles. The molecular formula is C22H38S4. The molecule has 0 heterocycles.